The van der Waals surface area contributed by atoms with Gasteiger partial charge in [-0.05, 0) is 5.92 Å². The molecule has 0 aromatic heterocycles. The van der Waals surface area contributed by atoms with Gasteiger partial charge < -0.3 is 15.7 Å². The number of nitrogens with two attached hydrogens (primary N) is 1. The van der Waals surface area contributed by atoms with Crippen molar-refractivity contribution in [3.05, 3.63) is 0 Å². The van der Waals surface area contributed by atoms with Crippen molar-refractivity contribution in [2.45, 2.75) is 25.9 Å². The molecule has 0 bridgehead atoms. The molecule has 0 aliphatic carbocycles. The molecule has 1 fully saturated rings. The zero-order valence-corrected chi connectivity index (χ0v) is 11.7. The summed E-state index contributed by atoms with van der Waals surface area (Å²) in [5.74, 6) is -1.24. The third-order valence-electron chi connectivity index (χ3n) is 3.26. The van der Waals surface area contributed by atoms with Gasteiger partial charge in [0, 0.05) is 19.5 Å². The standard InChI is InChI=1S/C11H20N2O5S/c1-8(9(14)7-10(12)15)6-11(16)13-2-4-19(17,18)5-3-13/h8-9,14H,2-7H2,1H3,(H2,12,15)/t8-,9+/m1/s1. The van der Waals surface area contributed by atoms with Crippen LogP contribution in [0.1, 0.15) is 19.8 Å². The van der Waals surface area contributed by atoms with E-state index in [1.54, 1.807) is 6.92 Å². The highest BCUT2D eigenvalue weighted by Crippen LogP contribution is 2.14. The van der Waals surface area contributed by atoms with Crippen molar-refractivity contribution in [2.75, 3.05) is 24.6 Å². The average Bonchev–Trinajstić information content (AvgIpc) is 2.27. The fourth-order valence-corrected chi connectivity index (χ4v) is 3.11. The quantitative estimate of drug-likeness (QED) is 0.640. The molecule has 1 heterocycles. The lowest BCUT2D eigenvalue weighted by molar-refractivity contribution is -0.133. The first-order valence-corrected chi connectivity index (χ1v) is 7.98. The number of hydrogen-bond acceptors (Lipinski definition) is 5. The predicted octanol–water partition coefficient (Wildman–Crippen LogP) is -1.49. The van der Waals surface area contributed by atoms with E-state index in [-0.39, 0.29) is 43.3 Å². The number of carbonyl (C=O) groups excluding carboxylic acids is 2. The van der Waals surface area contributed by atoms with Gasteiger partial charge in [0.25, 0.3) is 0 Å². The van der Waals surface area contributed by atoms with Crippen LogP contribution in [0.4, 0.5) is 0 Å². The number of amides is 2. The number of primary amides is 1. The van der Waals surface area contributed by atoms with Crippen LogP contribution in [-0.4, -0.2) is 60.9 Å². The molecule has 0 aromatic rings. The number of aliphatic hydroxyl groups excluding tert-OH is 1. The lowest BCUT2D eigenvalue weighted by atomic mass is 9.97. The highest BCUT2D eigenvalue weighted by molar-refractivity contribution is 7.91. The molecule has 0 spiro atoms. The first-order valence-electron chi connectivity index (χ1n) is 6.16. The topological polar surface area (TPSA) is 118 Å². The van der Waals surface area contributed by atoms with E-state index < -0.39 is 27.8 Å². The highest BCUT2D eigenvalue weighted by atomic mass is 32.2. The van der Waals surface area contributed by atoms with Gasteiger partial charge >= 0.3 is 0 Å². The molecule has 110 valence electrons. The summed E-state index contributed by atoms with van der Waals surface area (Å²) >= 11 is 0. The Balaban J connectivity index is 2.45. The van der Waals surface area contributed by atoms with Crippen LogP contribution in [0.2, 0.25) is 0 Å². The van der Waals surface area contributed by atoms with Gasteiger partial charge in [0.1, 0.15) is 0 Å². The maximum atomic E-state index is 11.9. The van der Waals surface area contributed by atoms with Crippen LogP contribution in [0, 0.1) is 5.92 Å². The van der Waals surface area contributed by atoms with Crippen LogP contribution in [0.5, 0.6) is 0 Å². The van der Waals surface area contributed by atoms with Crippen molar-refractivity contribution in [1.29, 1.82) is 0 Å². The fourth-order valence-electron chi connectivity index (χ4n) is 1.91. The van der Waals surface area contributed by atoms with Crippen LogP contribution >= 0.6 is 0 Å². The molecular weight excluding hydrogens is 272 g/mol. The minimum Gasteiger partial charge on any atom is -0.392 e. The van der Waals surface area contributed by atoms with E-state index in [0.717, 1.165) is 0 Å². The molecule has 0 radical (unpaired) electrons. The smallest absolute Gasteiger partial charge is 0.222 e. The first-order chi connectivity index (χ1) is 8.71. The van der Waals surface area contributed by atoms with Gasteiger partial charge in [-0.25, -0.2) is 8.42 Å². The molecule has 2 atom stereocenters. The maximum Gasteiger partial charge on any atom is 0.222 e. The lowest BCUT2D eigenvalue weighted by Crippen LogP contribution is -2.44. The second-order valence-electron chi connectivity index (χ2n) is 4.95. The van der Waals surface area contributed by atoms with Crippen LogP contribution < -0.4 is 5.73 Å². The van der Waals surface area contributed by atoms with E-state index in [1.807, 2.05) is 0 Å². The summed E-state index contributed by atoms with van der Waals surface area (Å²) in [5.41, 5.74) is 4.97. The van der Waals surface area contributed by atoms with Gasteiger partial charge in [-0.1, -0.05) is 6.92 Å². The zero-order chi connectivity index (χ0) is 14.6. The predicted molar refractivity (Wildman–Crippen MR) is 68.8 cm³/mol. The number of sulfone groups is 1. The summed E-state index contributed by atoms with van der Waals surface area (Å²) in [6.45, 7) is 2.05. The molecule has 1 saturated heterocycles. The summed E-state index contributed by atoms with van der Waals surface area (Å²) in [7, 11) is -3.01. The number of carbonyl (C=O) groups is 2. The highest BCUT2D eigenvalue weighted by Gasteiger charge is 2.27. The molecule has 1 rings (SSSR count). The van der Waals surface area contributed by atoms with E-state index in [1.165, 1.54) is 4.90 Å². The van der Waals surface area contributed by atoms with Crippen LogP contribution in [0.25, 0.3) is 0 Å². The second kappa shape index (κ2) is 6.33. The summed E-state index contributed by atoms with van der Waals surface area (Å²) in [6.07, 6.45) is -1.05. The minimum absolute atomic E-state index is 0.0169. The van der Waals surface area contributed by atoms with Crippen molar-refractivity contribution < 1.29 is 23.1 Å². The third kappa shape index (κ3) is 5.15. The third-order valence-corrected chi connectivity index (χ3v) is 4.87. The SMILES string of the molecule is C[C@H](CC(=O)N1CCS(=O)(=O)CC1)[C@@H](O)CC(N)=O. The van der Waals surface area contributed by atoms with Gasteiger partial charge in [0.2, 0.25) is 11.8 Å². The normalized spacial score (nSPS) is 21.7. The van der Waals surface area contributed by atoms with E-state index in [9.17, 15) is 23.1 Å². The van der Waals surface area contributed by atoms with Crippen molar-refractivity contribution in [3.63, 3.8) is 0 Å². The van der Waals surface area contributed by atoms with E-state index in [0.29, 0.717) is 0 Å². The van der Waals surface area contributed by atoms with E-state index >= 15 is 0 Å². The minimum atomic E-state index is -3.01. The van der Waals surface area contributed by atoms with Crippen molar-refractivity contribution in [2.24, 2.45) is 11.7 Å². The molecule has 3 N–H and O–H groups in total. The number of aliphatic hydroxyl groups is 1. The summed E-state index contributed by atoms with van der Waals surface area (Å²) in [4.78, 5) is 24.1. The summed E-state index contributed by atoms with van der Waals surface area (Å²) in [5, 5.41) is 9.65. The van der Waals surface area contributed by atoms with Gasteiger partial charge in [-0.15, -0.1) is 0 Å². The second-order valence-corrected chi connectivity index (χ2v) is 7.26. The molecular formula is C11H20N2O5S. The number of hydrogen-bond donors (Lipinski definition) is 2. The Labute approximate surface area is 112 Å². The van der Waals surface area contributed by atoms with Crippen LogP contribution in [0.15, 0.2) is 0 Å². The lowest BCUT2D eigenvalue weighted by Gasteiger charge is -2.28. The van der Waals surface area contributed by atoms with Gasteiger partial charge in [0.05, 0.1) is 24.0 Å². The Morgan fingerprint density at radius 2 is 1.79 bits per heavy atom. The molecule has 8 heteroatoms. The van der Waals surface area contributed by atoms with E-state index in [2.05, 4.69) is 0 Å². The Kier molecular flexibility index (Phi) is 5.30. The van der Waals surface area contributed by atoms with E-state index in [4.69, 9.17) is 5.73 Å². The maximum absolute atomic E-state index is 11.9. The van der Waals surface area contributed by atoms with Crippen LogP contribution in [0.3, 0.4) is 0 Å². The molecule has 0 unspecified atom stereocenters. The number of nitrogens with zero attached hydrogens (tertiary/aromatic N) is 1. The molecule has 0 aromatic carbocycles. The fraction of sp³-hybridized carbons (Fsp3) is 0.818. The monoisotopic (exact) mass is 292 g/mol. The zero-order valence-electron chi connectivity index (χ0n) is 10.9. The Hall–Kier alpha value is -1.15. The van der Waals surface area contributed by atoms with Crippen molar-refractivity contribution in [3.8, 4) is 0 Å². The van der Waals surface area contributed by atoms with Crippen LogP contribution in [-0.2, 0) is 19.4 Å². The first kappa shape index (κ1) is 15.9. The number of rotatable bonds is 5. The average molecular weight is 292 g/mol. The summed E-state index contributed by atoms with van der Waals surface area (Å²) < 4.78 is 22.5. The van der Waals surface area contributed by atoms with Crippen molar-refractivity contribution in [1.82, 2.24) is 4.90 Å². The Morgan fingerprint density at radius 3 is 2.26 bits per heavy atom. The molecule has 19 heavy (non-hydrogen) atoms. The molecule has 1 aliphatic heterocycles. The van der Waals surface area contributed by atoms with Gasteiger partial charge in [0.15, 0.2) is 9.84 Å². The van der Waals surface area contributed by atoms with Gasteiger partial charge in [-0.2, -0.15) is 0 Å². The Bertz CT molecular complexity index is 434. The van der Waals surface area contributed by atoms with Gasteiger partial charge in [-0.3, -0.25) is 9.59 Å². The largest absolute Gasteiger partial charge is 0.392 e. The Morgan fingerprint density at radius 1 is 1.26 bits per heavy atom. The molecule has 7 nitrogen and oxygen atoms in total. The molecule has 2 amide bonds. The molecule has 1 aliphatic rings. The van der Waals surface area contributed by atoms with Crippen molar-refractivity contribution >= 4 is 21.7 Å². The summed E-state index contributed by atoms with van der Waals surface area (Å²) in [6, 6.07) is 0. The molecule has 0 saturated carbocycles.